The number of hydrogen-bond acceptors (Lipinski definition) is 5. The molecule has 1 aromatic carbocycles. The maximum Gasteiger partial charge on any atom is 0.341 e. The summed E-state index contributed by atoms with van der Waals surface area (Å²) in [5.41, 5.74) is 0.316. The SMILES string of the molecule is COc1cc([C@@H](C)NC(=O)c2n[nH]c(=O)[nH]2)ccc1OCC(C)C. The quantitative estimate of drug-likeness (QED) is 0.713. The van der Waals surface area contributed by atoms with Gasteiger partial charge >= 0.3 is 5.69 Å². The molecule has 1 aromatic heterocycles. The van der Waals surface area contributed by atoms with Crippen LogP contribution in [0.4, 0.5) is 0 Å². The molecule has 0 unspecified atom stereocenters. The molecule has 0 saturated heterocycles. The standard InChI is InChI=1S/C16H22N4O4/c1-9(2)8-24-12-6-5-11(7-13(12)23-4)10(3)17-15(21)14-18-16(22)20-19-14/h5-7,9-10H,8H2,1-4H3,(H,17,21)(H2,18,19,20,22)/t10-/m1/s1. The lowest BCUT2D eigenvalue weighted by Gasteiger charge is -2.17. The van der Waals surface area contributed by atoms with E-state index in [2.05, 4.69) is 34.3 Å². The Hall–Kier alpha value is -2.77. The van der Waals surface area contributed by atoms with Crippen LogP contribution in [0.3, 0.4) is 0 Å². The highest BCUT2D eigenvalue weighted by Crippen LogP contribution is 2.30. The van der Waals surface area contributed by atoms with Gasteiger partial charge in [0.15, 0.2) is 11.5 Å². The number of carbonyl (C=O) groups is 1. The average molecular weight is 334 g/mol. The number of carbonyl (C=O) groups excluding carboxylic acids is 1. The van der Waals surface area contributed by atoms with E-state index in [4.69, 9.17) is 9.47 Å². The van der Waals surface area contributed by atoms with Crippen LogP contribution in [-0.2, 0) is 0 Å². The molecule has 130 valence electrons. The topological polar surface area (TPSA) is 109 Å². The minimum absolute atomic E-state index is 0.0595. The van der Waals surface area contributed by atoms with Crippen molar-refractivity contribution >= 4 is 5.91 Å². The van der Waals surface area contributed by atoms with Gasteiger partial charge in [0.05, 0.1) is 19.8 Å². The van der Waals surface area contributed by atoms with E-state index in [0.29, 0.717) is 24.0 Å². The highest BCUT2D eigenvalue weighted by atomic mass is 16.5. The Kier molecular flexibility index (Phi) is 5.62. The fourth-order valence-electron chi connectivity index (χ4n) is 2.06. The van der Waals surface area contributed by atoms with Crippen molar-refractivity contribution in [2.75, 3.05) is 13.7 Å². The zero-order valence-electron chi connectivity index (χ0n) is 14.2. The van der Waals surface area contributed by atoms with Gasteiger partial charge in [-0.15, -0.1) is 5.10 Å². The molecule has 8 nitrogen and oxygen atoms in total. The number of methoxy groups -OCH3 is 1. The van der Waals surface area contributed by atoms with Crippen molar-refractivity contribution in [3.05, 3.63) is 40.1 Å². The number of benzene rings is 1. The van der Waals surface area contributed by atoms with E-state index < -0.39 is 11.6 Å². The lowest BCUT2D eigenvalue weighted by atomic mass is 10.1. The summed E-state index contributed by atoms with van der Waals surface area (Å²) in [4.78, 5) is 25.3. The molecule has 0 fully saturated rings. The van der Waals surface area contributed by atoms with Crippen LogP contribution >= 0.6 is 0 Å². The van der Waals surface area contributed by atoms with Crippen molar-refractivity contribution in [3.8, 4) is 11.5 Å². The van der Waals surface area contributed by atoms with E-state index in [0.717, 1.165) is 5.56 Å². The molecule has 2 rings (SSSR count). The number of amides is 1. The van der Waals surface area contributed by atoms with Crippen molar-refractivity contribution in [1.82, 2.24) is 20.5 Å². The average Bonchev–Trinajstić information content (AvgIpc) is 2.99. The molecule has 0 aliphatic carbocycles. The van der Waals surface area contributed by atoms with E-state index in [-0.39, 0.29) is 11.9 Å². The van der Waals surface area contributed by atoms with Crippen LogP contribution in [0.5, 0.6) is 11.5 Å². The third-order valence-electron chi connectivity index (χ3n) is 3.32. The lowest BCUT2D eigenvalue weighted by Crippen LogP contribution is -2.28. The van der Waals surface area contributed by atoms with Gasteiger partial charge in [-0.25, -0.2) is 9.89 Å². The van der Waals surface area contributed by atoms with Crippen LogP contribution in [0, 0.1) is 5.92 Å². The minimum atomic E-state index is -0.527. The van der Waals surface area contributed by atoms with Crippen LogP contribution in [0.1, 0.15) is 43.0 Å². The first-order valence-electron chi connectivity index (χ1n) is 7.67. The molecule has 0 spiro atoms. The Bertz CT molecular complexity index is 751. The summed E-state index contributed by atoms with van der Waals surface area (Å²) < 4.78 is 11.1. The highest BCUT2D eigenvalue weighted by Gasteiger charge is 2.16. The van der Waals surface area contributed by atoms with Crippen molar-refractivity contribution in [2.45, 2.75) is 26.8 Å². The Morgan fingerprint density at radius 3 is 2.62 bits per heavy atom. The van der Waals surface area contributed by atoms with E-state index >= 15 is 0 Å². The summed E-state index contributed by atoms with van der Waals surface area (Å²) in [6, 6.07) is 5.19. The third-order valence-corrected chi connectivity index (χ3v) is 3.32. The second-order valence-electron chi connectivity index (χ2n) is 5.84. The van der Waals surface area contributed by atoms with Crippen molar-refractivity contribution in [2.24, 2.45) is 5.92 Å². The number of ether oxygens (including phenoxy) is 2. The predicted octanol–water partition coefficient (Wildman–Crippen LogP) is 1.63. The van der Waals surface area contributed by atoms with Gasteiger partial charge in [-0.05, 0) is 30.5 Å². The Labute approximate surface area is 139 Å². The zero-order valence-corrected chi connectivity index (χ0v) is 14.2. The second kappa shape index (κ2) is 7.67. The van der Waals surface area contributed by atoms with Crippen molar-refractivity contribution in [1.29, 1.82) is 0 Å². The molecule has 1 heterocycles. The van der Waals surface area contributed by atoms with Crippen LogP contribution in [0.2, 0.25) is 0 Å². The van der Waals surface area contributed by atoms with Gasteiger partial charge in [0, 0.05) is 0 Å². The molecule has 1 atom stereocenters. The number of aromatic amines is 2. The maximum absolute atomic E-state index is 12.0. The fraction of sp³-hybridized carbons (Fsp3) is 0.438. The van der Waals surface area contributed by atoms with E-state index in [1.165, 1.54) is 0 Å². The maximum atomic E-state index is 12.0. The molecule has 0 aliphatic heterocycles. The molecular formula is C16H22N4O4. The van der Waals surface area contributed by atoms with Crippen LogP contribution in [-0.4, -0.2) is 34.8 Å². The first kappa shape index (κ1) is 17.6. The number of nitrogens with one attached hydrogen (secondary N) is 3. The van der Waals surface area contributed by atoms with Crippen LogP contribution in [0.25, 0.3) is 0 Å². The first-order valence-corrected chi connectivity index (χ1v) is 7.67. The fourth-order valence-corrected chi connectivity index (χ4v) is 2.06. The van der Waals surface area contributed by atoms with Gasteiger partial charge in [-0.1, -0.05) is 19.9 Å². The molecule has 0 aliphatic rings. The number of H-pyrrole nitrogens is 2. The Morgan fingerprint density at radius 2 is 2.04 bits per heavy atom. The number of rotatable bonds is 7. The van der Waals surface area contributed by atoms with E-state index in [1.54, 1.807) is 7.11 Å². The predicted molar refractivity (Wildman–Crippen MR) is 88.4 cm³/mol. The summed E-state index contributed by atoms with van der Waals surface area (Å²) in [5.74, 6) is 1.13. The normalized spacial score (nSPS) is 12.0. The molecule has 3 N–H and O–H groups in total. The summed E-state index contributed by atoms with van der Waals surface area (Å²) >= 11 is 0. The van der Waals surface area contributed by atoms with Crippen molar-refractivity contribution < 1.29 is 14.3 Å². The Morgan fingerprint density at radius 1 is 1.29 bits per heavy atom. The lowest BCUT2D eigenvalue weighted by molar-refractivity contribution is 0.0929. The van der Waals surface area contributed by atoms with Gasteiger partial charge in [0.25, 0.3) is 5.91 Å². The van der Waals surface area contributed by atoms with Gasteiger partial charge < -0.3 is 14.8 Å². The summed E-state index contributed by atoms with van der Waals surface area (Å²) in [5, 5.41) is 8.51. The van der Waals surface area contributed by atoms with Crippen molar-refractivity contribution in [3.63, 3.8) is 0 Å². The zero-order chi connectivity index (χ0) is 17.7. The van der Waals surface area contributed by atoms with E-state index in [1.807, 2.05) is 25.1 Å². The molecular weight excluding hydrogens is 312 g/mol. The third kappa shape index (κ3) is 4.37. The molecule has 0 bridgehead atoms. The summed E-state index contributed by atoms with van der Waals surface area (Å²) in [6.07, 6.45) is 0. The van der Waals surface area contributed by atoms with Gasteiger partial charge in [-0.2, -0.15) is 0 Å². The molecule has 8 heteroatoms. The van der Waals surface area contributed by atoms with Crippen LogP contribution in [0.15, 0.2) is 23.0 Å². The molecule has 1 amide bonds. The first-order chi connectivity index (χ1) is 11.4. The summed E-state index contributed by atoms with van der Waals surface area (Å²) in [6.45, 7) is 6.55. The number of aromatic nitrogens is 3. The number of nitrogens with zero attached hydrogens (tertiary/aromatic N) is 1. The van der Waals surface area contributed by atoms with Gasteiger partial charge in [0.2, 0.25) is 5.82 Å². The number of hydrogen-bond donors (Lipinski definition) is 3. The van der Waals surface area contributed by atoms with Gasteiger partial charge in [0.1, 0.15) is 0 Å². The monoisotopic (exact) mass is 334 g/mol. The second-order valence-corrected chi connectivity index (χ2v) is 5.84. The minimum Gasteiger partial charge on any atom is -0.493 e. The molecule has 0 saturated carbocycles. The van der Waals surface area contributed by atoms with E-state index in [9.17, 15) is 9.59 Å². The molecule has 0 radical (unpaired) electrons. The Balaban J connectivity index is 2.10. The smallest absolute Gasteiger partial charge is 0.341 e. The largest absolute Gasteiger partial charge is 0.493 e. The van der Waals surface area contributed by atoms with Crippen LogP contribution < -0.4 is 20.5 Å². The summed E-state index contributed by atoms with van der Waals surface area (Å²) in [7, 11) is 1.57. The van der Waals surface area contributed by atoms with Gasteiger partial charge in [-0.3, -0.25) is 9.78 Å². The highest BCUT2D eigenvalue weighted by molar-refractivity contribution is 5.90. The molecule has 2 aromatic rings. The molecule has 24 heavy (non-hydrogen) atoms.